The maximum atomic E-state index is 14.1. The van der Waals surface area contributed by atoms with Crippen LogP contribution in [0.1, 0.15) is 30.5 Å². The highest BCUT2D eigenvalue weighted by molar-refractivity contribution is 5.95. The van der Waals surface area contributed by atoms with Crippen LogP contribution in [0.3, 0.4) is 0 Å². The first-order valence-corrected chi connectivity index (χ1v) is 7.62. The highest BCUT2D eigenvalue weighted by atomic mass is 19.1. The standard InChI is InChI=1S/C17H17FN4O2/c1-10(11-4-6-19-7-5-11)20-17(24)22-15-8-12-2-3-16(23)21-14(12)9-13(15)18/h4-10H,2-3H2,1H3,(H,21,23)(H2,20,22,24)/t10-/m1/s1. The van der Waals surface area contributed by atoms with Gasteiger partial charge in [-0.2, -0.15) is 0 Å². The van der Waals surface area contributed by atoms with E-state index < -0.39 is 11.8 Å². The van der Waals surface area contributed by atoms with Gasteiger partial charge in [-0.05, 0) is 48.7 Å². The van der Waals surface area contributed by atoms with Crippen molar-refractivity contribution in [3.8, 4) is 0 Å². The third-order valence-electron chi connectivity index (χ3n) is 3.89. The maximum absolute atomic E-state index is 14.1. The Kier molecular flexibility index (Phi) is 4.41. The van der Waals surface area contributed by atoms with Gasteiger partial charge in [0.25, 0.3) is 0 Å². The van der Waals surface area contributed by atoms with Crippen molar-refractivity contribution in [2.75, 3.05) is 10.6 Å². The number of anilines is 2. The third-order valence-corrected chi connectivity index (χ3v) is 3.89. The lowest BCUT2D eigenvalue weighted by Crippen LogP contribution is -2.31. The molecule has 0 saturated heterocycles. The van der Waals surface area contributed by atoms with E-state index >= 15 is 0 Å². The maximum Gasteiger partial charge on any atom is 0.319 e. The van der Waals surface area contributed by atoms with Crippen LogP contribution in [0.5, 0.6) is 0 Å². The lowest BCUT2D eigenvalue weighted by molar-refractivity contribution is -0.116. The summed E-state index contributed by atoms with van der Waals surface area (Å²) >= 11 is 0. The van der Waals surface area contributed by atoms with Crippen molar-refractivity contribution in [1.29, 1.82) is 0 Å². The number of aromatic nitrogens is 1. The SMILES string of the molecule is C[C@@H](NC(=O)Nc1cc2c(cc1F)NC(=O)CC2)c1ccncc1. The number of aryl methyl sites for hydroxylation is 1. The average molecular weight is 328 g/mol. The molecule has 0 aliphatic carbocycles. The Morgan fingerprint density at radius 2 is 2.04 bits per heavy atom. The van der Waals surface area contributed by atoms with Gasteiger partial charge in [-0.25, -0.2) is 9.18 Å². The summed E-state index contributed by atoms with van der Waals surface area (Å²) < 4.78 is 14.1. The number of carbonyl (C=O) groups excluding carboxylic acids is 2. The second kappa shape index (κ2) is 6.66. The van der Waals surface area contributed by atoms with Gasteiger partial charge in [-0.3, -0.25) is 9.78 Å². The first-order valence-electron chi connectivity index (χ1n) is 7.62. The van der Waals surface area contributed by atoms with Crippen LogP contribution in [0.25, 0.3) is 0 Å². The van der Waals surface area contributed by atoms with Crippen LogP contribution < -0.4 is 16.0 Å². The van der Waals surface area contributed by atoms with E-state index in [1.807, 2.05) is 6.92 Å². The Balaban J connectivity index is 1.69. The molecule has 0 saturated carbocycles. The lowest BCUT2D eigenvalue weighted by Gasteiger charge is -2.19. The van der Waals surface area contributed by atoms with E-state index in [1.54, 1.807) is 30.6 Å². The molecule has 0 bridgehead atoms. The molecular weight excluding hydrogens is 311 g/mol. The number of pyridine rings is 1. The highest BCUT2D eigenvalue weighted by Gasteiger charge is 2.19. The zero-order chi connectivity index (χ0) is 17.1. The van der Waals surface area contributed by atoms with Crippen molar-refractivity contribution in [2.24, 2.45) is 0 Å². The number of fused-ring (bicyclic) bond motifs is 1. The largest absolute Gasteiger partial charge is 0.331 e. The van der Waals surface area contributed by atoms with Crippen LogP contribution in [-0.2, 0) is 11.2 Å². The second-order valence-corrected chi connectivity index (χ2v) is 5.64. The molecule has 0 fully saturated rings. The normalized spacial score (nSPS) is 14.3. The summed E-state index contributed by atoms with van der Waals surface area (Å²) in [6.07, 6.45) is 4.15. The van der Waals surface area contributed by atoms with E-state index in [0.29, 0.717) is 18.5 Å². The molecule has 124 valence electrons. The zero-order valence-corrected chi connectivity index (χ0v) is 13.1. The lowest BCUT2D eigenvalue weighted by atomic mass is 10.0. The molecule has 1 aromatic heterocycles. The molecule has 0 spiro atoms. The number of benzene rings is 1. The molecule has 1 atom stereocenters. The van der Waals surface area contributed by atoms with E-state index in [0.717, 1.165) is 11.1 Å². The van der Waals surface area contributed by atoms with Crippen LogP contribution in [0, 0.1) is 5.82 Å². The smallest absolute Gasteiger partial charge is 0.319 e. The van der Waals surface area contributed by atoms with Crippen LogP contribution in [-0.4, -0.2) is 16.9 Å². The van der Waals surface area contributed by atoms with Crippen molar-refractivity contribution in [2.45, 2.75) is 25.8 Å². The number of halogens is 1. The number of carbonyl (C=O) groups is 2. The molecule has 3 rings (SSSR count). The molecule has 0 radical (unpaired) electrons. The number of rotatable bonds is 3. The van der Waals surface area contributed by atoms with Crippen LogP contribution in [0.15, 0.2) is 36.7 Å². The fraction of sp³-hybridized carbons (Fsp3) is 0.235. The first-order chi connectivity index (χ1) is 11.5. The van der Waals surface area contributed by atoms with Gasteiger partial charge in [-0.1, -0.05) is 0 Å². The van der Waals surface area contributed by atoms with Crippen LogP contribution in [0.4, 0.5) is 20.6 Å². The summed E-state index contributed by atoms with van der Waals surface area (Å²) in [7, 11) is 0. The summed E-state index contributed by atoms with van der Waals surface area (Å²) in [6, 6.07) is 5.64. The molecule has 1 aliphatic rings. The minimum absolute atomic E-state index is 0.0873. The van der Waals surface area contributed by atoms with E-state index in [9.17, 15) is 14.0 Å². The molecule has 7 heteroatoms. The van der Waals surface area contributed by atoms with Gasteiger partial charge in [0.2, 0.25) is 5.91 Å². The Morgan fingerprint density at radius 1 is 1.29 bits per heavy atom. The van der Waals surface area contributed by atoms with Gasteiger partial charge in [0, 0.05) is 24.5 Å². The predicted octanol–water partition coefficient (Wildman–Crippen LogP) is 2.99. The fourth-order valence-corrected chi connectivity index (χ4v) is 2.59. The Bertz CT molecular complexity index is 780. The Labute approximate surface area is 138 Å². The molecule has 2 heterocycles. The molecular formula is C17H17FN4O2. The zero-order valence-electron chi connectivity index (χ0n) is 13.1. The molecule has 1 aromatic carbocycles. The minimum atomic E-state index is -0.595. The van der Waals surface area contributed by atoms with E-state index in [4.69, 9.17) is 0 Å². The van der Waals surface area contributed by atoms with Crippen molar-refractivity contribution < 1.29 is 14.0 Å². The van der Waals surface area contributed by atoms with Crippen molar-refractivity contribution in [3.63, 3.8) is 0 Å². The van der Waals surface area contributed by atoms with Gasteiger partial charge >= 0.3 is 6.03 Å². The number of nitrogens with zero attached hydrogens (tertiary/aromatic N) is 1. The molecule has 3 N–H and O–H groups in total. The van der Waals surface area contributed by atoms with Crippen molar-refractivity contribution in [1.82, 2.24) is 10.3 Å². The molecule has 6 nitrogen and oxygen atoms in total. The molecule has 2 aromatic rings. The summed E-state index contributed by atoms with van der Waals surface area (Å²) in [4.78, 5) is 27.4. The van der Waals surface area contributed by atoms with Crippen molar-refractivity contribution in [3.05, 3.63) is 53.6 Å². The fourth-order valence-electron chi connectivity index (χ4n) is 2.59. The van der Waals surface area contributed by atoms with Crippen LogP contribution in [0.2, 0.25) is 0 Å². The van der Waals surface area contributed by atoms with Gasteiger partial charge in [0.05, 0.1) is 11.7 Å². The topological polar surface area (TPSA) is 83.1 Å². The van der Waals surface area contributed by atoms with Gasteiger partial charge < -0.3 is 16.0 Å². The Hall–Kier alpha value is -2.96. The first kappa shape index (κ1) is 15.9. The number of nitrogens with one attached hydrogen (secondary N) is 3. The van der Waals surface area contributed by atoms with E-state index in [-0.39, 0.29) is 17.6 Å². The van der Waals surface area contributed by atoms with E-state index in [2.05, 4.69) is 20.9 Å². The Morgan fingerprint density at radius 3 is 2.79 bits per heavy atom. The quantitative estimate of drug-likeness (QED) is 0.810. The van der Waals surface area contributed by atoms with Gasteiger partial charge in [0.1, 0.15) is 5.82 Å². The predicted molar refractivity (Wildman–Crippen MR) is 88.2 cm³/mol. The summed E-state index contributed by atoms with van der Waals surface area (Å²) in [5, 5.41) is 7.89. The number of hydrogen-bond donors (Lipinski definition) is 3. The van der Waals surface area contributed by atoms with Crippen LogP contribution >= 0.6 is 0 Å². The highest BCUT2D eigenvalue weighted by Crippen LogP contribution is 2.28. The molecule has 0 unspecified atom stereocenters. The third kappa shape index (κ3) is 3.51. The number of amides is 3. The molecule has 3 amide bonds. The monoisotopic (exact) mass is 328 g/mol. The summed E-state index contributed by atoms with van der Waals surface area (Å²) in [5.41, 5.74) is 2.24. The summed E-state index contributed by atoms with van der Waals surface area (Å²) in [5.74, 6) is -0.728. The summed E-state index contributed by atoms with van der Waals surface area (Å²) in [6.45, 7) is 1.83. The van der Waals surface area contributed by atoms with E-state index in [1.165, 1.54) is 6.07 Å². The second-order valence-electron chi connectivity index (χ2n) is 5.64. The number of urea groups is 1. The molecule has 24 heavy (non-hydrogen) atoms. The van der Waals surface area contributed by atoms with Gasteiger partial charge in [0.15, 0.2) is 0 Å². The van der Waals surface area contributed by atoms with Gasteiger partial charge in [-0.15, -0.1) is 0 Å². The minimum Gasteiger partial charge on any atom is -0.331 e. The molecule has 1 aliphatic heterocycles. The van der Waals surface area contributed by atoms with Crippen molar-refractivity contribution >= 4 is 23.3 Å². The number of hydrogen-bond acceptors (Lipinski definition) is 3. The average Bonchev–Trinajstić information content (AvgIpc) is 2.56.